The lowest BCUT2D eigenvalue weighted by Gasteiger charge is -2.30. The first-order valence-corrected chi connectivity index (χ1v) is 22.9. The van der Waals surface area contributed by atoms with Gasteiger partial charge >= 0.3 is 0 Å². The van der Waals surface area contributed by atoms with Crippen LogP contribution in [0.2, 0.25) is 0 Å². The van der Waals surface area contributed by atoms with Crippen molar-refractivity contribution in [3.8, 4) is 39.1 Å². The highest BCUT2D eigenvalue weighted by Gasteiger charge is 2.38. The van der Waals surface area contributed by atoms with E-state index in [1.54, 1.807) is 0 Å². The number of aromatic nitrogens is 1. The smallest absolute Gasteiger partial charge is 0.0547 e. The standard InChI is InChI=1S/C63H47N3/c1-63(2)57-36-20-18-33-54(57)61-56(41-45(42-58(61)63)53-35-22-38-60-62(53)55-34-19-21-37-59(55)66(60)50-31-16-7-17-32-50)44-39-51(64(46-23-8-3-9-24-46)47-25-10-4-11-26-47)43-52(40-44)65(48-27-12-5-13-28-48)49-29-14-6-15-30-49/h3-43H,1-2H3. The van der Waals surface area contributed by atoms with Gasteiger partial charge < -0.3 is 14.4 Å². The molecule has 314 valence electrons. The fraction of sp³-hybridized carbons (Fsp3) is 0.0476. The molecule has 1 aliphatic carbocycles. The molecule has 0 saturated carbocycles. The van der Waals surface area contributed by atoms with Crippen LogP contribution in [-0.4, -0.2) is 4.57 Å². The van der Waals surface area contributed by atoms with Crippen molar-refractivity contribution in [3.63, 3.8) is 0 Å². The van der Waals surface area contributed by atoms with E-state index in [9.17, 15) is 0 Å². The second-order valence-corrected chi connectivity index (χ2v) is 17.8. The highest BCUT2D eigenvalue weighted by atomic mass is 15.2. The minimum Gasteiger partial charge on any atom is -0.310 e. The zero-order valence-corrected chi connectivity index (χ0v) is 37.0. The van der Waals surface area contributed by atoms with Crippen LogP contribution in [0.4, 0.5) is 34.1 Å². The Morgan fingerprint density at radius 2 is 0.788 bits per heavy atom. The van der Waals surface area contributed by atoms with Gasteiger partial charge in [0.25, 0.3) is 0 Å². The van der Waals surface area contributed by atoms with Crippen LogP contribution in [-0.2, 0) is 5.41 Å². The summed E-state index contributed by atoms with van der Waals surface area (Å²) in [4.78, 5) is 4.78. The topological polar surface area (TPSA) is 11.4 Å². The van der Waals surface area contributed by atoms with Gasteiger partial charge in [-0.2, -0.15) is 0 Å². The van der Waals surface area contributed by atoms with Gasteiger partial charge in [0.2, 0.25) is 0 Å². The number of benzene rings is 10. The van der Waals surface area contributed by atoms with Crippen LogP contribution in [0, 0.1) is 0 Å². The maximum atomic E-state index is 2.49. The zero-order valence-electron chi connectivity index (χ0n) is 37.0. The summed E-state index contributed by atoms with van der Waals surface area (Å²) in [5.41, 5.74) is 19.8. The average molecular weight is 846 g/mol. The minimum atomic E-state index is -0.247. The summed E-state index contributed by atoms with van der Waals surface area (Å²) in [5.74, 6) is 0. The molecule has 0 fully saturated rings. The number of rotatable bonds is 9. The van der Waals surface area contributed by atoms with E-state index in [2.05, 4.69) is 277 Å². The van der Waals surface area contributed by atoms with Crippen LogP contribution in [0.3, 0.4) is 0 Å². The molecule has 0 bridgehead atoms. The Morgan fingerprint density at radius 1 is 0.333 bits per heavy atom. The summed E-state index contributed by atoms with van der Waals surface area (Å²) in [6, 6.07) is 90.6. The SMILES string of the molecule is CC1(C)c2ccccc2-c2c(-c3cc(N(c4ccccc4)c4ccccc4)cc(N(c4ccccc4)c4ccccc4)c3)cc(-c3cccc4c3c3ccccc3n4-c3ccccc3)cc21. The van der Waals surface area contributed by atoms with Crippen molar-refractivity contribution in [1.29, 1.82) is 0 Å². The molecule has 0 radical (unpaired) electrons. The number of nitrogens with zero attached hydrogens (tertiary/aromatic N) is 3. The van der Waals surface area contributed by atoms with Gasteiger partial charge in [-0.05, 0) is 148 Å². The highest BCUT2D eigenvalue weighted by molar-refractivity contribution is 6.16. The maximum Gasteiger partial charge on any atom is 0.0547 e. The molecule has 0 N–H and O–H groups in total. The van der Waals surface area contributed by atoms with E-state index in [-0.39, 0.29) is 5.41 Å². The molecule has 1 aromatic heterocycles. The summed E-state index contributed by atoms with van der Waals surface area (Å²) in [7, 11) is 0. The Kier molecular flexibility index (Phi) is 9.50. The molecular weight excluding hydrogens is 799 g/mol. The summed E-state index contributed by atoms with van der Waals surface area (Å²) in [6.45, 7) is 4.79. The quantitative estimate of drug-likeness (QED) is 0.143. The lowest BCUT2D eigenvalue weighted by atomic mass is 9.80. The van der Waals surface area contributed by atoms with Crippen molar-refractivity contribution >= 4 is 55.9 Å². The third-order valence-corrected chi connectivity index (χ3v) is 13.5. The Morgan fingerprint density at radius 3 is 1.36 bits per heavy atom. The van der Waals surface area contributed by atoms with Gasteiger partial charge in [-0.1, -0.05) is 159 Å². The fourth-order valence-corrected chi connectivity index (χ4v) is 10.5. The van der Waals surface area contributed by atoms with Gasteiger partial charge in [0.1, 0.15) is 0 Å². The molecule has 3 heteroatoms. The number of para-hydroxylation sites is 6. The third kappa shape index (κ3) is 6.51. The number of anilines is 6. The van der Waals surface area contributed by atoms with Crippen LogP contribution in [0.1, 0.15) is 25.0 Å². The third-order valence-electron chi connectivity index (χ3n) is 13.5. The van der Waals surface area contributed by atoms with Gasteiger partial charge in [0.15, 0.2) is 0 Å². The van der Waals surface area contributed by atoms with Crippen LogP contribution in [0.25, 0.3) is 60.9 Å². The van der Waals surface area contributed by atoms with Crippen molar-refractivity contribution in [1.82, 2.24) is 4.57 Å². The zero-order chi connectivity index (χ0) is 44.2. The predicted molar refractivity (Wildman–Crippen MR) is 279 cm³/mol. The molecule has 0 unspecified atom stereocenters. The Labute approximate surface area is 386 Å². The summed E-state index contributed by atoms with van der Waals surface area (Å²) < 4.78 is 2.42. The molecule has 0 saturated heterocycles. The predicted octanol–water partition coefficient (Wildman–Crippen LogP) is 17.4. The Balaban J connectivity index is 1.19. The van der Waals surface area contributed by atoms with Crippen molar-refractivity contribution in [2.45, 2.75) is 19.3 Å². The molecule has 1 aliphatic rings. The lowest BCUT2D eigenvalue weighted by Crippen LogP contribution is -2.15. The molecule has 10 aromatic carbocycles. The van der Waals surface area contributed by atoms with Crippen molar-refractivity contribution < 1.29 is 0 Å². The highest BCUT2D eigenvalue weighted by Crippen LogP contribution is 2.55. The molecule has 0 spiro atoms. The second-order valence-electron chi connectivity index (χ2n) is 17.8. The molecule has 12 rings (SSSR count). The summed E-state index contributed by atoms with van der Waals surface area (Å²) >= 11 is 0. The lowest BCUT2D eigenvalue weighted by molar-refractivity contribution is 0.661. The van der Waals surface area contributed by atoms with E-state index in [0.29, 0.717) is 0 Å². The second kappa shape index (κ2) is 16.0. The Hall–Kier alpha value is -8.40. The van der Waals surface area contributed by atoms with E-state index >= 15 is 0 Å². The average Bonchev–Trinajstić information content (AvgIpc) is 3.84. The van der Waals surface area contributed by atoms with Crippen LogP contribution in [0.5, 0.6) is 0 Å². The van der Waals surface area contributed by atoms with Crippen molar-refractivity contribution in [3.05, 3.63) is 260 Å². The Bertz CT molecular complexity index is 3360. The minimum absolute atomic E-state index is 0.247. The van der Waals surface area contributed by atoms with E-state index in [4.69, 9.17) is 0 Å². The molecule has 0 amide bonds. The first-order chi connectivity index (χ1) is 32.5. The van der Waals surface area contributed by atoms with Crippen molar-refractivity contribution in [2.24, 2.45) is 0 Å². The van der Waals surface area contributed by atoms with Gasteiger partial charge in [-0.3, -0.25) is 0 Å². The monoisotopic (exact) mass is 845 g/mol. The molecule has 11 aromatic rings. The number of hydrogen-bond acceptors (Lipinski definition) is 2. The fourth-order valence-electron chi connectivity index (χ4n) is 10.5. The molecule has 3 nitrogen and oxygen atoms in total. The molecule has 1 heterocycles. The molecule has 0 atom stereocenters. The van der Waals surface area contributed by atoms with Gasteiger partial charge in [-0.15, -0.1) is 0 Å². The molecular formula is C63H47N3. The maximum absolute atomic E-state index is 2.49. The van der Waals surface area contributed by atoms with E-state index in [1.807, 2.05) is 0 Å². The van der Waals surface area contributed by atoms with Crippen LogP contribution in [0.15, 0.2) is 249 Å². The first-order valence-electron chi connectivity index (χ1n) is 22.9. The summed E-state index contributed by atoms with van der Waals surface area (Å²) in [6.07, 6.45) is 0. The number of fused-ring (bicyclic) bond motifs is 6. The van der Waals surface area contributed by atoms with Gasteiger partial charge in [0.05, 0.1) is 11.0 Å². The molecule has 66 heavy (non-hydrogen) atoms. The largest absolute Gasteiger partial charge is 0.310 e. The van der Waals surface area contributed by atoms with Crippen LogP contribution >= 0.6 is 0 Å². The van der Waals surface area contributed by atoms with E-state index in [0.717, 1.165) is 45.4 Å². The van der Waals surface area contributed by atoms with E-state index < -0.39 is 0 Å². The first kappa shape index (κ1) is 39.2. The summed E-state index contributed by atoms with van der Waals surface area (Å²) in [5, 5.41) is 2.49. The number of hydrogen-bond donors (Lipinski definition) is 0. The van der Waals surface area contributed by atoms with Crippen molar-refractivity contribution in [2.75, 3.05) is 9.80 Å². The van der Waals surface area contributed by atoms with Gasteiger partial charge in [-0.25, -0.2) is 0 Å². The van der Waals surface area contributed by atoms with Crippen LogP contribution < -0.4 is 9.80 Å². The molecule has 0 aliphatic heterocycles. The van der Waals surface area contributed by atoms with Gasteiger partial charge in [0, 0.05) is 56.0 Å². The van der Waals surface area contributed by atoms with E-state index in [1.165, 1.54) is 60.8 Å². The normalized spacial score (nSPS) is 12.5.